The van der Waals surface area contributed by atoms with Crippen molar-refractivity contribution in [2.75, 3.05) is 0 Å². The summed E-state index contributed by atoms with van der Waals surface area (Å²) >= 11 is 0. The van der Waals surface area contributed by atoms with Crippen molar-refractivity contribution in [2.24, 2.45) is 10.8 Å². The van der Waals surface area contributed by atoms with Gasteiger partial charge in [0.05, 0.1) is 6.04 Å². The second-order valence-corrected chi connectivity index (χ2v) is 5.83. The number of aliphatic imine (C=N–C) groups is 1. The first kappa shape index (κ1) is 14.1. The number of nitrogens with one attached hydrogen (secondary N) is 1. The molecule has 0 heterocycles. The van der Waals surface area contributed by atoms with Gasteiger partial charge in [0, 0.05) is 5.56 Å². The molecule has 1 saturated carbocycles. The predicted molar refractivity (Wildman–Crippen MR) is 89.3 cm³/mol. The fraction of sp³-hybridized carbons (Fsp3) is 0.389. The quantitative estimate of drug-likeness (QED) is 0.289. The van der Waals surface area contributed by atoms with Gasteiger partial charge in [0.15, 0.2) is 0 Å². The van der Waals surface area contributed by atoms with E-state index < -0.39 is 0 Å². The van der Waals surface area contributed by atoms with E-state index in [0.717, 1.165) is 11.4 Å². The summed E-state index contributed by atoms with van der Waals surface area (Å²) in [6.45, 7) is 0. The van der Waals surface area contributed by atoms with Gasteiger partial charge in [-0.2, -0.15) is 0 Å². The zero-order chi connectivity index (χ0) is 14.5. The number of benzene rings is 2. The third-order valence-electron chi connectivity index (χ3n) is 4.30. The normalized spacial score (nSPS) is 17.7. The molecule has 0 aromatic heterocycles. The van der Waals surface area contributed by atoms with E-state index in [1.807, 2.05) is 0 Å². The first-order valence-electron chi connectivity index (χ1n) is 7.90. The van der Waals surface area contributed by atoms with Crippen LogP contribution in [0.4, 0.5) is 0 Å². The van der Waals surface area contributed by atoms with Gasteiger partial charge in [-0.15, -0.1) is 0 Å². The summed E-state index contributed by atoms with van der Waals surface area (Å²) in [6.07, 6.45) is 7.60. The molecule has 1 fully saturated rings. The van der Waals surface area contributed by atoms with Crippen LogP contribution < -0.4 is 11.3 Å². The fourth-order valence-corrected chi connectivity index (χ4v) is 3.10. The zero-order valence-electron chi connectivity index (χ0n) is 12.4. The summed E-state index contributed by atoms with van der Waals surface area (Å²) in [5.41, 5.74) is 3.87. The van der Waals surface area contributed by atoms with Gasteiger partial charge in [0.2, 0.25) is 0 Å². The second-order valence-electron chi connectivity index (χ2n) is 5.83. The smallest absolute Gasteiger partial charge is 0.142 e. The average molecular weight is 281 g/mol. The number of rotatable bonds is 2. The van der Waals surface area contributed by atoms with Crippen LogP contribution in [0.15, 0.2) is 47.5 Å². The predicted octanol–water partition coefficient (Wildman–Crippen LogP) is 3.77. The molecule has 0 amide bonds. The van der Waals surface area contributed by atoms with E-state index in [1.54, 1.807) is 0 Å². The third-order valence-corrected chi connectivity index (χ3v) is 4.30. The highest BCUT2D eigenvalue weighted by molar-refractivity contribution is 6.01. The van der Waals surface area contributed by atoms with Gasteiger partial charge in [-0.1, -0.05) is 62.1 Å². The van der Waals surface area contributed by atoms with Crippen molar-refractivity contribution in [1.82, 2.24) is 5.43 Å². The second kappa shape index (κ2) is 6.72. The molecule has 0 spiro atoms. The lowest BCUT2D eigenvalue weighted by Gasteiger charge is -2.13. The molecule has 0 radical (unpaired) electrons. The van der Waals surface area contributed by atoms with Crippen molar-refractivity contribution in [3.63, 3.8) is 0 Å². The molecule has 2 aromatic carbocycles. The Morgan fingerprint density at radius 3 is 2.38 bits per heavy atom. The Labute approximate surface area is 126 Å². The van der Waals surface area contributed by atoms with Crippen LogP contribution in [0.5, 0.6) is 0 Å². The van der Waals surface area contributed by atoms with Crippen LogP contribution in [0.1, 0.15) is 44.1 Å². The maximum Gasteiger partial charge on any atom is 0.142 e. The number of amidine groups is 1. The largest absolute Gasteiger partial charge is 0.308 e. The van der Waals surface area contributed by atoms with Crippen molar-refractivity contribution in [2.45, 2.75) is 44.6 Å². The van der Waals surface area contributed by atoms with Crippen molar-refractivity contribution in [3.05, 3.63) is 48.0 Å². The Kier molecular flexibility index (Phi) is 4.51. The van der Waals surface area contributed by atoms with Crippen molar-refractivity contribution < 1.29 is 0 Å². The maximum absolute atomic E-state index is 5.72. The van der Waals surface area contributed by atoms with Gasteiger partial charge in [-0.05, 0) is 29.7 Å². The molecule has 1 aliphatic rings. The Balaban J connectivity index is 1.89. The van der Waals surface area contributed by atoms with E-state index in [2.05, 4.69) is 47.9 Å². The summed E-state index contributed by atoms with van der Waals surface area (Å²) < 4.78 is 0. The van der Waals surface area contributed by atoms with Crippen molar-refractivity contribution in [3.8, 4) is 0 Å². The van der Waals surface area contributed by atoms with Crippen molar-refractivity contribution >= 4 is 16.6 Å². The van der Waals surface area contributed by atoms with Crippen LogP contribution in [-0.2, 0) is 0 Å². The molecule has 0 bridgehead atoms. The summed E-state index contributed by atoms with van der Waals surface area (Å²) in [5, 5.41) is 2.46. The average Bonchev–Trinajstić information content (AvgIpc) is 2.81. The van der Waals surface area contributed by atoms with Crippen LogP contribution in [0.3, 0.4) is 0 Å². The minimum absolute atomic E-state index is 0.407. The van der Waals surface area contributed by atoms with Crippen LogP contribution >= 0.6 is 0 Å². The number of hydrazine groups is 1. The van der Waals surface area contributed by atoms with Crippen LogP contribution in [-0.4, -0.2) is 11.9 Å². The van der Waals surface area contributed by atoms with Gasteiger partial charge in [-0.3, -0.25) is 4.99 Å². The van der Waals surface area contributed by atoms with E-state index in [1.165, 1.54) is 49.3 Å². The highest BCUT2D eigenvalue weighted by Gasteiger charge is 2.13. The Morgan fingerprint density at radius 2 is 1.67 bits per heavy atom. The van der Waals surface area contributed by atoms with Crippen molar-refractivity contribution in [1.29, 1.82) is 0 Å². The molecule has 0 atom stereocenters. The van der Waals surface area contributed by atoms with E-state index in [9.17, 15) is 0 Å². The standard InChI is InChI=1S/C18H23N3/c19-21-18(20-17-9-3-1-2-4-10-17)16-12-11-14-7-5-6-8-15(14)13-16/h5-8,11-13,17H,1-4,9-10,19H2,(H,20,21). The lowest BCUT2D eigenvalue weighted by atomic mass is 10.1. The molecule has 3 heteroatoms. The summed E-state index contributed by atoms with van der Waals surface area (Å²) in [7, 11) is 0. The SMILES string of the molecule is NNC(=NC1CCCCCC1)c1ccc2ccccc2c1. The Bertz CT molecular complexity index is 625. The monoisotopic (exact) mass is 281 g/mol. The topological polar surface area (TPSA) is 50.4 Å². The first-order chi connectivity index (χ1) is 10.4. The highest BCUT2D eigenvalue weighted by Crippen LogP contribution is 2.21. The minimum Gasteiger partial charge on any atom is -0.308 e. The lowest BCUT2D eigenvalue weighted by Crippen LogP contribution is -2.32. The Morgan fingerprint density at radius 1 is 0.952 bits per heavy atom. The van der Waals surface area contributed by atoms with E-state index in [4.69, 9.17) is 10.8 Å². The van der Waals surface area contributed by atoms with Crippen LogP contribution in [0.25, 0.3) is 10.8 Å². The zero-order valence-corrected chi connectivity index (χ0v) is 12.4. The number of fused-ring (bicyclic) bond motifs is 1. The van der Waals surface area contributed by atoms with E-state index >= 15 is 0 Å². The molecule has 0 aliphatic heterocycles. The molecule has 0 unspecified atom stereocenters. The molecule has 0 saturated heterocycles. The third kappa shape index (κ3) is 3.42. The molecule has 3 rings (SSSR count). The molecule has 2 aromatic rings. The van der Waals surface area contributed by atoms with Gasteiger partial charge in [0.1, 0.15) is 5.84 Å². The number of nitrogens with two attached hydrogens (primary N) is 1. The molecule has 21 heavy (non-hydrogen) atoms. The van der Waals surface area contributed by atoms with Crippen LogP contribution in [0, 0.1) is 0 Å². The Hall–Kier alpha value is -1.87. The van der Waals surface area contributed by atoms with E-state index in [0.29, 0.717) is 6.04 Å². The van der Waals surface area contributed by atoms with E-state index in [-0.39, 0.29) is 0 Å². The summed E-state index contributed by atoms with van der Waals surface area (Å²) in [4.78, 5) is 4.87. The maximum atomic E-state index is 5.72. The van der Waals surface area contributed by atoms with Crippen LogP contribution in [0.2, 0.25) is 0 Å². The minimum atomic E-state index is 0.407. The van der Waals surface area contributed by atoms with Gasteiger partial charge < -0.3 is 5.43 Å². The van der Waals surface area contributed by atoms with Gasteiger partial charge >= 0.3 is 0 Å². The molecule has 3 nitrogen and oxygen atoms in total. The lowest BCUT2D eigenvalue weighted by molar-refractivity contribution is 0.583. The molecule has 3 N–H and O–H groups in total. The molecule has 1 aliphatic carbocycles. The molecule has 110 valence electrons. The number of hydrogen-bond donors (Lipinski definition) is 2. The van der Waals surface area contributed by atoms with Gasteiger partial charge in [-0.25, -0.2) is 5.84 Å². The highest BCUT2D eigenvalue weighted by atomic mass is 15.3. The number of hydrogen-bond acceptors (Lipinski definition) is 2. The van der Waals surface area contributed by atoms with Gasteiger partial charge in [0.25, 0.3) is 0 Å². The first-order valence-corrected chi connectivity index (χ1v) is 7.90. The molecular formula is C18H23N3. The molecular weight excluding hydrogens is 258 g/mol. The summed E-state index contributed by atoms with van der Waals surface area (Å²) in [5.74, 6) is 6.54. The number of nitrogens with zero attached hydrogens (tertiary/aromatic N) is 1. The fourth-order valence-electron chi connectivity index (χ4n) is 3.10. The summed E-state index contributed by atoms with van der Waals surface area (Å²) in [6, 6.07) is 15.2.